The minimum absolute atomic E-state index is 0.722. The molecule has 0 bridgehead atoms. The van der Waals surface area contributed by atoms with Crippen molar-refractivity contribution in [1.82, 2.24) is 0 Å². The second kappa shape index (κ2) is 3.65. The summed E-state index contributed by atoms with van der Waals surface area (Å²) in [7, 11) is 0. The topological polar surface area (TPSA) is 17.1 Å². The summed E-state index contributed by atoms with van der Waals surface area (Å²) in [4.78, 5) is 10.1. The maximum atomic E-state index is 10.1. The van der Waals surface area contributed by atoms with E-state index >= 15 is 0 Å². The Balaban J connectivity index is 2.15. The highest BCUT2D eigenvalue weighted by molar-refractivity contribution is 5.52. The molecular weight excluding hydrogens is 112 g/mol. The standard InChI is InChI=1S/C8H13O/c9-7-6-8-4-2-1-3-5-8/h7H,1-6H2. The van der Waals surface area contributed by atoms with E-state index in [1.54, 1.807) is 0 Å². The first kappa shape index (κ1) is 6.79. The van der Waals surface area contributed by atoms with E-state index in [1.807, 2.05) is 0 Å². The van der Waals surface area contributed by atoms with Crippen molar-refractivity contribution in [3.63, 3.8) is 0 Å². The Labute approximate surface area is 56.4 Å². The quantitative estimate of drug-likeness (QED) is 0.516. The molecule has 0 heterocycles. The van der Waals surface area contributed by atoms with Gasteiger partial charge in [-0.05, 0) is 18.8 Å². The zero-order valence-electron chi connectivity index (χ0n) is 5.73. The Kier molecular flexibility index (Phi) is 2.75. The summed E-state index contributed by atoms with van der Waals surface area (Å²) in [5.74, 6) is 1.47. The van der Waals surface area contributed by atoms with E-state index in [0.717, 1.165) is 12.7 Å². The van der Waals surface area contributed by atoms with Crippen LogP contribution in [-0.4, -0.2) is 6.29 Å². The van der Waals surface area contributed by atoms with Crippen LogP contribution in [0.2, 0.25) is 0 Å². The van der Waals surface area contributed by atoms with Gasteiger partial charge in [0, 0.05) is 6.42 Å². The van der Waals surface area contributed by atoms with E-state index < -0.39 is 0 Å². The van der Waals surface area contributed by atoms with E-state index in [2.05, 4.69) is 0 Å². The minimum atomic E-state index is 0.722. The number of hydrogen-bond acceptors (Lipinski definition) is 1. The summed E-state index contributed by atoms with van der Waals surface area (Å²) >= 11 is 0. The van der Waals surface area contributed by atoms with Crippen LogP contribution < -0.4 is 0 Å². The lowest BCUT2D eigenvalue weighted by Crippen LogP contribution is -2.03. The first-order valence-corrected chi connectivity index (χ1v) is 3.70. The molecule has 0 spiro atoms. The second-order valence-corrected chi connectivity index (χ2v) is 2.68. The van der Waals surface area contributed by atoms with Crippen molar-refractivity contribution in [2.45, 2.75) is 38.5 Å². The van der Waals surface area contributed by atoms with E-state index in [0.29, 0.717) is 0 Å². The smallest absolute Gasteiger partial charge is 0.120 e. The van der Waals surface area contributed by atoms with Gasteiger partial charge in [-0.15, -0.1) is 0 Å². The first-order chi connectivity index (χ1) is 4.43. The number of rotatable bonds is 2. The molecule has 1 heteroatoms. The van der Waals surface area contributed by atoms with Gasteiger partial charge in [0.1, 0.15) is 6.29 Å². The number of hydrogen-bond donors (Lipinski definition) is 0. The molecule has 0 aromatic carbocycles. The molecule has 0 unspecified atom stereocenters. The highest BCUT2D eigenvalue weighted by Gasteiger charge is 2.12. The molecule has 1 radical (unpaired) electrons. The maximum absolute atomic E-state index is 10.1. The third-order valence-corrected chi connectivity index (χ3v) is 1.93. The average molecular weight is 125 g/mol. The fourth-order valence-corrected chi connectivity index (χ4v) is 1.37. The molecule has 1 rings (SSSR count). The lowest BCUT2D eigenvalue weighted by molar-refractivity contribution is -0.107. The Morgan fingerprint density at radius 3 is 2.44 bits per heavy atom. The fourth-order valence-electron chi connectivity index (χ4n) is 1.37. The van der Waals surface area contributed by atoms with Gasteiger partial charge in [-0.2, -0.15) is 0 Å². The van der Waals surface area contributed by atoms with Crippen molar-refractivity contribution in [1.29, 1.82) is 0 Å². The monoisotopic (exact) mass is 125 g/mol. The van der Waals surface area contributed by atoms with Crippen LogP contribution >= 0.6 is 0 Å². The van der Waals surface area contributed by atoms with Crippen molar-refractivity contribution in [2.75, 3.05) is 0 Å². The predicted molar refractivity (Wildman–Crippen MR) is 37.0 cm³/mol. The summed E-state index contributed by atoms with van der Waals surface area (Å²) in [6.07, 6.45) is 8.15. The molecule has 0 amide bonds. The molecule has 1 nitrogen and oxygen atoms in total. The van der Waals surface area contributed by atoms with E-state index in [9.17, 15) is 4.79 Å². The van der Waals surface area contributed by atoms with Gasteiger partial charge >= 0.3 is 0 Å². The van der Waals surface area contributed by atoms with Crippen LogP contribution in [0.1, 0.15) is 38.5 Å². The summed E-state index contributed by atoms with van der Waals surface area (Å²) < 4.78 is 0. The second-order valence-electron chi connectivity index (χ2n) is 2.68. The van der Waals surface area contributed by atoms with E-state index in [4.69, 9.17) is 0 Å². The van der Waals surface area contributed by atoms with Gasteiger partial charge in [0.2, 0.25) is 0 Å². The summed E-state index contributed by atoms with van der Waals surface area (Å²) in [6, 6.07) is 0. The van der Waals surface area contributed by atoms with Crippen molar-refractivity contribution in [3.8, 4) is 0 Å². The maximum Gasteiger partial charge on any atom is 0.120 e. The molecule has 0 aliphatic heterocycles. The summed E-state index contributed by atoms with van der Waals surface area (Å²) in [5.41, 5.74) is 0. The van der Waals surface area contributed by atoms with Crippen molar-refractivity contribution in [2.24, 2.45) is 0 Å². The van der Waals surface area contributed by atoms with E-state index in [-0.39, 0.29) is 0 Å². The van der Waals surface area contributed by atoms with Crippen LogP contribution in [-0.2, 0) is 4.79 Å². The molecule has 0 aromatic heterocycles. The molecule has 0 saturated heterocycles. The van der Waals surface area contributed by atoms with Gasteiger partial charge in [-0.3, -0.25) is 0 Å². The van der Waals surface area contributed by atoms with Gasteiger partial charge in [-0.1, -0.05) is 19.3 Å². The minimum Gasteiger partial charge on any atom is -0.303 e. The zero-order valence-corrected chi connectivity index (χ0v) is 5.73. The fraction of sp³-hybridized carbons (Fsp3) is 0.750. The van der Waals surface area contributed by atoms with E-state index in [1.165, 1.54) is 38.0 Å². The number of aldehydes is 1. The Bertz CT molecular complexity index is 82.6. The lowest BCUT2D eigenvalue weighted by Gasteiger charge is -2.17. The van der Waals surface area contributed by atoms with Crippen LogP contribution in [0.15, 0.2) is 0 Å². The Morgan fingerprint density at radius 1 is 1.22 bits per heavy atom. The first-order valence-electron chi connectivity index (χ1n) is 3.70. The number of carbonyl (C=O) groups is 1. The van der Waals surface area contributed by atoms with Crippen LogP contribution in [0, 0.1) is 5.92 Å². The van der Waals surface area contributed by atoms with Crippen LogP contribution in [0.5, 0.6) is 0 Å². The van der Waals surface area contributed by atoms with Gasteiger partial charge in [-0.25, -0.2) is 0 Å². The Hall–Kier alpha value is -0.330. The predicted octanol–water partition coefficient (Wildman–Crippen LogP) is 2.11. The molecule has 1 aliphatic rings. The highest BCUT2D eigenvalue weighted by Crippen LogP contribution is 2.26. The normalized spacial score (nSPS) is 21.8. The van der Waals surface area contributed by atoms with Gasteiger partial charge in [0.15, 0.2) is 0 Å². The molecule has 51 valence electrons. The number of carbonyl (C=O) groups excluding carboxylic acids is 1. The third-order valence-electron chi connectivity index (χ3n) is 1.93. The lowest BCUT2D eigenvalue weighted by atomic mass is 9.87. The third kappa shape index (κ3) is 2.17. The summed E-state index contributed by atoms with van der Waals surface area (Å²) in [6.45, 7) is 0. The molecule has 1 saturated carbocycles. The van der Waals surface area contributed by atoms with Gasteiger partial charge in [0.25, 0.3) is 0 Å². The van der Waals surface area contributed by atoms with Gasteiger partial charge in [0.05, 0.1) is 0 Å². The zero-order chi connectivity index (χ0) is 6.53. The molecule has 1 fully saturated rings. The highest BCUT2D eigenvalue weighted by atomic mass is 16.1. The average Bonchev–Trinajstić information content (AvgIpc) is 1.91. The SMILES string of the molecule is O=CC[C]1CCCCC1. The van der Waals surface area contributed by atoms with Crippen LogP contribution in [0.25, 0.3) is 0 Å². The van der Waals surface area contributed by atoms with Gasteiger partial charge < -0.3 is 4.79 Å². The van der Waals surface area contributed by atoms with Crippen LogP contribution in [0.3, 0.4) is 0 Å². The molecule has 9 heavy (non-hydrogen) atoms. The van der Waals surface area contributed by atoms with Crippen molar-refractivity contribution in [3.05, 3.63) is 5.92 Å². The molecule has 0 atom stereocenters. The van der Waals surface area contributed by atoms with Crippen LogP contribution in [0.4, 0.5) is 0 Å². The molecule has 0 N–H and O–H groups in total. The van der Waals surface area contributed by atoms with Crippen molar-refractivity contribution < 1.29 is 4.79 Å². The molecule has 1 aliphatic carbocycles. The largest absolute Gasteiger partial charge is 0.303 e. The molecule has 0 aromatic rings. The summed E-state index contributed by atoms with van der Waals surface area (Å²) in [5, 5.41) is 0. The van der Waals surface area contributed by atoms with Crippen molar-refractivity contribution >= 4 is 6.29 Å². The Morgan fingerprint density at radius 2 is 1.89 bits per heavy atom. The molecular formula is C8H13O.